The van der Waals surface area contributed by atoms with Crippen LogP contribution in [0.3, 0.4) is 0 Å². The maximum absolute atomic E-state index is 11.8. The van der Waals surface area contributed by atoms with E-state index in [9.17, 15) is 4.79 Å². The summed E-state index contributed by atoms with van der Waals surface area (Å²) in [6.45, 7) is 0.270. The molecule has 1 N–H and O–H groups in total. The van der Waals surface area contributed by atoms with Crippen LogP contribution >= 0.6 is 11.6 Å². The Kier molecular flexibility index (Phi) is 5.46. The lowest BCUT2D eigenvalue weighted by molar-refractivity contribution is -0.116. The number of carbonyl (C=O) groups excluding carboxylic acids is 1. The minimum atomic E-state index is -0.118. The number of benzene rings is 2. The Hall–Kier alpha value is -2.20. The first-order chi connectivity index (χ1) is 10.2. The number of methoxy groups -OCH3 is 1. The van der Waals surface area contributed by atoms with Gasteiger partial charge >= 0.3 is 0 Å². The van der Waals surface area contributed by atoms with Gasteiger partial charge in [-0.05, 0) is 36.4 Å². The van der Waals surface area contributed by atoms with Crippen molar-refractivity contribution in [3.05, 3.63) is 53.6 Å². The molecule has 2 rings (SSSR count). The molecule has 110 valence electrons. The van der Waals surface area contributed by atoms with Gasteiger partial charge in [0.05, 0.1) is 25.2 Å². The van der Waals surface area contributed by atoms with Crippen LogP contribution in [0.5, 0.6) is 11.5 Å². The van der Waals surface area contributed by atoms with E-state index in [1.165, 1.54) is 0 Å². The minimum Gasteiger partial charge on any atom is -0.497 e. The highest BCUT2D eigenvalue weighted by molar-refractivity contribution is 6.32. The van der Waals surface area contributed by atoms with Gasteiger partial charge in [0, 0.05) is 5.69 Å². The fourth-order valence-corrected chi connectivity index (χ4v) is 1.90. The Morgan fingerprint density at radius 3 is 2.52 bits per heavy atom. The molecule has 0 fully saturated rings. The molecule has 0 aliphatic heterocycles. The Balaban J connectivity index is 1.78. The van der Waals surface area contributed by atoms with Crippen molar-refractivity contribution in [1.82, 2.24) is 0 Å². The molecule has 5 heteroatoms. The molecule has 21 heavy (non-hydrogen) atoms. The third-order valence-electron chi connectivity index (χ3n) is 2.80. The molecule has 0 heterocycles. The molecule has 0 saturated heterocycles. The normalized spacial score (nSPS) is 10.0. The van der Waals surface area contributed by atoms with Crippen molar-refractivity contribution in [1.29, 1.82) is 0 Å². The second kappa shape index (κ2) is 7.55. The summed E-state index contributed by atoms with van der Waals surface area (Å²) >= 11 is 5.96. The second-order valence-corrected chi connectivity index (χ2v) is 4.71. The van der Waals surface area contributed by atoms with Crippen LogP contribution in [0.2, 0.25) is 5.02 Å². The molecule has 0 atom stereocenters. The van der Waals surface area contributed by atoms with Gasteiger partial charge in [-0.15, -0.1) is 0 Å². The van der Waals surface area contributed by atoms with Gasteiger partial charge in [-0.2, -0.15) is 0 Å². The number of hydrogen-bond donors (Lipinski definition) is 1. The van der Waals surface area contributed by atoms with Crippen molar-refractivity contribution < 1.29 is 14.3 Å². The predicted molar refractivity (Wildman–Crippen MR) is 83.2 cm³/mol. The quantitative estimate of drug-likeness (QED) is 0.884. The van der Waals surface area contributed by atoms with Crippen LogP contribution in [-0.2, 0) is 4.79 Å². The lowest BCUT2D eigenvalue weighted by Gasteiger charge is -2.08. The molecule has 4 nitrogen and oxygen atoms in total. The average Bonchev–Trinajstić information content (AvgIpc) is 2.50. The average molecular weight is 306 g/mol. The predicted octanol–water partition coefficient (Wildman–Crippen LogP) is 3.76. The smallest absolute Gasteiger partial charge is 0.227 e. The second-order valence-electron chi connectivity index (χ2n) is 4.31. The van der Waals surface area contributed by atoms with Crippen LogP contribution in [0, 0.1) is 0 Å². The summed E-state index contributed by atoms with van der Waals surface area (Å²) in [4.78, 5) is 11.8. The Morgan fingerprint density at radius 2 is 1.86 bits per heavy atom. The summed E-state index contributed by atoms with van der Waals surface area (Å²) < 4.78 is 10.5. The monoisotopic (exact) mass is 305 g/mol. The van der Waals surface area contributed by atoms with E-state index in [-0.39, 0.29) is 18.9 Å². The van der Waals surface area contributed by atoms with Crippen molar-refractivity contribution in [2.75, 3.05) is 19.0 Å². The fourth-order valence-electron chi connectivity index (χ4n) is 1.71. The number of nitrogens with one attached hydrogen (secondary N) is 1. The van der Waals surface area contributed by atoms with Crippen LogP contribution in [-0.4, -0.2) is 19.6 Å². The molecule has 0 unspecified atom stereocenters. The lowest BCUT2D eigenvalue weighted by Crippen LogP contribution is -2.15. The Labute approximate surface area is 128 Å². The van der Waals surface area contributed by atoms with Gasteiger partial charge in [0.25, 0.3) is 0 Å². The molecule has 0 aliphatic rings. The molecule has 0 radical (unpaired) electrons. The van der Waals surface area contributed by atoms with Crippen LogP contribution in [0.15, 0.2) is 48.5 Å². The lowest BCUT2D eigenvalue weighted by atomic mass is 10.3. The number of para-hydroxylation sites is 1. The van der Waals surface area contributed by atoms with E-state index in [1.807, 2.05) is 12.1 Å². The number of carbonyl (C=O) groups is 1. The molecular formula is C16H16ClNO3. The molecule has 0 aliphatic carbocycles. The molecule has 1 amide bonds. The zero-order valence-electron chi connectivity index (χ0n) is 11.6. The van der Waals surface area contributed by atoms with E-state index in [1.54, 1.807) is 43.5 Å². The molecule has 0 saturated carbocycles. The first-order valence-electron chi connectivity index (χ1n) is 6.50. The SMILES string of the molecule is COc1ccc(NC(=O)CCOc2ccccc2Cl)cc1. The van der Waals surface area contributed by atoms with E-state index >= 15 is 0 Å². The Bertz CT molecular complexity index is 599. The van der Waals surface area contributed by atoms with Crippen molar-refractivity contribution in [2.24, 2.45) is 0 Å². The van der Waals surface area contributed by atoms with Gasteiger partial charge in [0.15, 0.2) is 0 Å². The van der Waals surface area contributed by atoms with E-state index in [4.69, 9.17) is 21.1 Å². The van der Waals surface area contributed by atoms with Gasteiger partial charge in [0.1, 0.15) is 11.5 Å². The molecule has 0 bridgehead atoms. The highest BCUT2D eigenvalue weighted by Gasteiger charge is 2.05. The highest BCUT2D eigenvalue weighted by atomic mass is 35.5. The standard InChI is InChI=1S/C16H16ClNO3/c1-20-13-8-6-12(7-9-13)18-16(19)10-11-21-15-5-3-2-4-14(15)17/h2-9H,10-11H2,1H3,(H,18,19). The molecular weight excluding hydrogens is 290 g/mol. The first kappa shape index (κ1) is 15.2. The number of amides is 1. The summed E-state index contributed by atoms with van der Waals surface area (Å²) in [6.07, 6.45) is 0.247. The molecule has 2 aromatic carbocycles. The number of rotatable bonds is 6. The van der Waals surface area contributed by atoms with E-state index < -0.39 is 0 Å². The Morgan fingerprint density at radius 1 is 1.14 bits per heavy atom. The maximum Gasteiger partial charge on any atom is 0.227 e. The van der Waals surface area contributed by atoms with Gasteiger partial charge < -0.3 is 14.8 Å². The van der Waals surface area contributed by atoms with Gasteiger partial charge in [-0.25, -0.2) is 0 Å². The van der Waals surface area contributed by atoms with Crippen molar-refractivity contribution in [2.45, 2.75) is 6.42 Å². The zero-order chi connectivity index (χ0) is 15.1. The van der Waals surface area contributed by atoms with Crippen molar-refractivity contribution in [3.8, 4) is 11.5 Å². The van der Waals surface area contributed by atoms with Crippen LogP contribution < -0.4 is 14.8 Å². The van der Waals surface area contributed by atoms with Gasteiger partial charge in [-0.1, -0.05) is 23.7 Å². The number of hydrogen-bond acceptors (Lipinski definition) is 3. The summed E-state index contributed by atoms with van der Waals surface area (Å²) in [5, 5.41) is 3.32. The van der Waals surface area contributed by atoms with Gasteiger partial charge in [0.2, 0.25) is 5.91 Å². The van der Waals surface area contributed by atoms with Crippen molar-refractivity contribution in [3.63, 3.8) is 0 Å². The highest BCUT2D eigenvalue weighted by Crippen LogP contribution is 2.23. The summed E-state index contributed by atoms with van der Waals surface area (Å²) in [5.74, 6) is 1.21. The minimum absolute atomic E-state index is 0.118. The molecule has 0 spiro atoms. The fraction of sp³-hybridized carbons (Fsp3) is 0.188. The van der Waals surface area contributed by atoms with E-state index in [0.717, 1.165) is 11.4 Å². The summed E-state index contributed by atoms with van der Waals surface area (Å²) in [6, 6.07) is 14.3. The third kappa shape index (κ3) is 4.68. The molecule has 2 aromatic rings. The topological polar surface area (TPSA) is 47.6 Å². The summed E-state index contributed by atoms with van der Waals surface area (Å²) in [7, 11) is 1.60. The van der Waals surface area contributed by atoms with E-state index in [0.29, 0.717) is 10.8 Å². The number of anilines is 1. The third-order valence-corrected chi connectivity index (χ3v) is 3.11. The van der Waals surface area contributed by atoms with Gasteiger partial charge in [-0.3, -0.25) is 4.79 Å². The van der Waals surface area contributed by atoms with Crippen LogP contribution in [0.1, 0.15) is 6.42 Å². The number of ether oxygens (including phenoxy) is 2. The molecule has 0 aromatic heterocycles. The van der Waals surface area contributed by atoms with Crippen molar-refractivity contribution >= 4 is 23.2 Å². The first-order valence-corrected chi connectivity index (χ1v) is 6.88. The van der Waals surface area contributed by atoms with Crippen LogP contribution in [0.4, 0.5) is 5.69 Å². The largest absolute Gasteiger partial charge is 0.497 e. The summed E-state index contributed by atoms with van der Waals surface area (Å²) in [5.41, 5.74) is 0.721. The number of halogens is 1. The van der Waals surface area contributed by atoms with Crippen LogP contribution in [0.25, 0.3) is 0 Å². The van der Waals surface area contributed by atoms with E-state index in [2.05, 4.69) is 5.32 Å². The maximum atomic E-state index is 11.8. The zero-order valence-corrected chi connectivity index (χ0v) is 12.4.